The van der Waals surface area contributed by atoms with E-state index < -0.39 is 7.92 Å². The smallest absolute Gasteiger partial charge is 0.269 e. The van der Waals surface area contributed by atoms with E-state index in [1.807, 2.05) is 60.7 Å². The van der Waals surface area contributed by atoms with Crippen molar-refractivity contribution >= 4 is 30.1 Å². The van der Waals surface area contributed by atoms with Crippen LogP contribution in [-0.4, -0.2) is 5.91 Å². The number of hydrogen-bond acceptors (Lipinski definition) is 2. The van der Waals surface area contributed by atoms with Crippen LogP contribution in [0.3, 0.4) is 0 Å². The summed E-state index contributed by atoms with van der Waals surface area (Å²) in [4.78, 5) is 12.6. The molecule has 0 aliphatic rings. The minimum atomic E-state index is -0.775. The third-order valence-corrected chi connectivity index (χ3v) is 6.98. The van der Waals surface area contributed by atoms with Crippen molar-refractivity contribution in [3.05, 3.63) is 138 Å². The molecule has 3 nitrogen and oxygen atoms in total. The van der Waals surface area contributed by atoms with Crippen LogP contribution < -0.4 is 21.5 Å². The topological polar surface area (TPSA) is 41.1 Å². The van der Waals surface area contributed by atoms with Gasteiger partial charge in [-0.2, -0.15) is 0 Å². The van der Waals surface area contributed by atoms with E-state index in [0.717, 1.165) is 11.3 Å². The lowest BCUT2D eigenvalue weighted by molar-refractivity contribution is 0.0942. The summed E-state index contributed by atoms with van der Waals surface area (Å²) >= 11 is 0. The van der Waals surface area contributed by atoms with Crippen molar-refractivity contribution in [1.82, 2.24) is 10.9 Å². The summed E-state index contributed by atoms with van der Waals surface area (Å²) in [7, 11) is -0.775. The van der Waals surface area contributed by atoms with Gasteiger partial charge in [-0.3, -0.25) is 15.6 Å². The molecular formula is C27H23N2OP. The third-order valence-electron chi connectivity index (χ3n) is 4.76. The summed E-state index contributed by atoms with van der Waals surface area (Å²) in [5, 5.41) is 2.49. The molecule has 0 heterocycles. The van der Waals surface area contributed by atoms with Gasteiger partial charge in [0.15, 0.2) is 0 Å². The second-order valence-corrected chi connectivity index (χ2v) is 8.93. The number of carbonyl (C=O) groups excluding carboxylic acids is 1. The van der Waals surface area contributed by atoms with Gasteiger partial charge >= 0.3 is 0 Å². The van der Waals surface area contributed by atoms with Crippen LogP contribution >= 0.6 is 7.92 Å². The normalized spacial score (nSPS) is 11.2. The first-order valence-electron chi connectivity index (χ1n) is 10.1. The summed E-state index contributed by atoms with van der Waals surface area (Å²) in [6, 6.07) is 40.2. The summed E-state index contributed by atoms with van der Waals surface area (Å²) in [6.45, 7) is 0. The molecule has 4 aromatic carbocycles. The lowest BCUT2D eigenvalue weighted by Gasteiger charge is -2.19. The van der Waals surface area contributed by atoms with Crippen molar-refractivity contribution in [3.63, 3.8) is 0 Å². The minimum Gasteiger partial charge on any atom is -0.298 e. The summed E-state index contributed by atoms with van der Waals surface area (Å²) in [6.07, 6.45) is 0. The second kappa shape index (κ2) is 10.4. The first kappa shape index (κ1) is 20.6. The van der Waals surface area contributed by atoms with Crippen molar-refractivity contribution in [1.29, 1.82) is 0 Å². The molecule has 31 heavy (non-hydrogen) atoms. The fourth-order valence-electron chi connectivity index (χ4n) is 3.19. The Hall–Kier alpha value is -3.68. The van der Waals surface area contributed by atoms with Crippen LogP contribution in [0, 0.1) is 0 Å². The van der Waals surface area contributed by atoms with E-state index in [1.165, 1.54) is 10.6 Å². The number of hydrazine groups is 1. The molecule has 4 aromatic rings. The molecular weight excluding hydrogens is 399 g/mol. The van der Waals surface area contributed by atoms with E-state index in [4.69, 9.17) is 0 Å². The first-order chi connectivity index (χ1) is 15.3. The Balaban J connectivity index is 1.69. The Morgan fingerprint density at radius 3 is 1.45 bits per heavy atom. The Morgan fingerprint density at radius 1 is 0.548 bits per heavy atom. The highest BCUT2D eigenvalue weighted by Gasteiger charge is 2.14. The Morgan fingerprint density at radius 2 is 0.968 bits per heavy atom. The van der Waals surface area contributed by atoms with Gasteiger partial charge < -0.3 is 0 Å². The molecule has 0 radical (unpaired) electrons. The molecule has 1 amide bonds. The van der Waals surface area contributed by atoms with Gasteiger partial charge in [-0.1, -0.05) is 109 Å². The quantitative estimate of drug-likeness (QED) is 0.323. The molecule has 0 atom stereocenters. The number of carbonyl (C=O) groups is 1. The minimum absolute atomic E-state index is 0.175. The number of hydrogen-bond donors (Lipinski definition) is 2. The monoisotopic (exact) mass is 422 g/mol. The van der Waals surface area contributed by atoms with Gasteiger partial charge in [-0.25, -0.2) is 0 Å². The molecule has 4 rings (SSSR count). The molecule has 0 bridgehead atoms. The number of rotatable bonds is 7. The zero-order valence-corrected chi connectivity index (χ0v) is 17.9. The maximum absolute atomic E-state index is 12.6. The van der Waals surface area contributed by atoms with E-state index in [0.29, 0.717) is 5.56 Å². The van der Waals surface area contributed by atoms with Crippen LogP contribution in [-0.2, 0) is 0 Å². The van der Waals surface area contributed by atoms with Gasteiger partial charge in [0.25, 0.3) is 5.91 Å². The molecule has 0 saturated heterocycles. The Bertz CT molecular complexity index is 1090. The fraction of sp³-hybridized carbons (Fsp3) is 0. The average molecular weight is 422 g/mol. The van der Waals surface area contributed by atoms with Gasteiger partial charge in [0.05, 0.1) is 5.70 Å². The predicted octanol–water partition coefficient (Wildman–Crippen LogP) is 5.05. The van der Waals surface area contributed by atoms with Crippen molar-refractivity contribution < 1.29 is 4.79 Å². The maximum Gasteiger partial charge on any atom is 0.269 e. The molecule has 2 N–H and O–H groups in total. The highest BCUT2D eigenvalue weighted by molar-refractivity contribution is 7.76. The van der Waals surface area contributed by atoms with E-state index >= 15 is 0 Å². The first-order valence-corrected chi connectivity index (χ1v) is 11.5. The SMILES string of the molecule is O=C(NN/C(=C\P(c1ccccc1)c1ccccc1)c1ccccc1)c1ccccc1. The van der Waals surface area contributed by atoms with Gasteiger partial charge in [-0.15, -0.1) is 0 Å². The molecule has 0 spiro atoms. The van der Waals surface area contributed by atoms with Crippen molar-refractivity contribution in [3.8, 4) is 0 Å². The summed E-state index contributed by atoms with van der Waals surface area (Å²) in [5.74, 6) is 2.05. The van der Waals surface area contributed by atoms with Gasteiger partial charge in [0, 0.05) is 5.56 Å². The number of benzene rings is 4. The molecule has 0 aromatic heterocycles. The molecule has 0 fully saturated rings. The zero-order valence-electron chi connectivity index (χ0n) is 17.0. The van der Waals surface area contributed by atoms with Crippen molar-refractivity contribution in [2.45, 2.75) is 0 Å². The highest BCUT2D eigenvalue weighted by Crippen LogP contribution is 2.37. The largest absolute Gasteiger partial charge is 0.298 e. The van der Waals surface area contributed by atoms with Crippen LogP contribution in [0.25, 0.3) is 5.70 Å². The Kier molecular flexibility index (Phi) is 6.89. The van der Waals surface area contributed by atoms with E-state index in [2.05, 4.69) is 65.2 Å². The lowest BCUT2D eigenvalue weighted by atomic mass is 10.2. The van der Waals surface area contributed by atoms with Gasteiger partial charge in [0.2, 0.25) is 0 Å². The number of nitrogens with one attached hydrogen (secondary N) is 2. The standard InChI is InChI=1S/C27H23N2OP/c30-27(23-15-7-2-8-16-23)29-28-26(22-13-5-1-6-14-22)21-31(24-17-9-3-10-18-24)25-19-11-4-12-20-25/h1-21,28H,(H,29,30)/b26-21-. The van der Waals surface area contributed by atoms with Crippen LogP contribution in [0.5, 0.6) is 0 Å². The van der Waals surface area contributed by atoms with E-state index in [1.54, 1.807) is 12.1 Å². The van der Waals surface area contributed by atoms with Crippen LogP contribution in [0.4, 0.5) is 0 Å². The fourth-order valence-corrected chi connectivity index (χ4v) is 5.24. The second-order valence-electron chi connectivity index (χ2n) is 6.90. The Labute approximate surface area is 184 Å². The summed E-state index contributed by atoms with van der Waals surface area (Å²) < 4.78 is 0. The molecule has 152 valence electrons. The zero-order chi connectivity index (χ0) is 21.3. The maximum atomic E-state index is 12.6. The lowest BCUT2D eigenvalue weighted by Crippen LogP contribution is -2.36. The molecule has 0 aliphatic carbocycles. The van der Waals surface area contributed by atoms with Gasteiger partial charge in [0.1, 0.15) is 0 Å². The molecule has 0 unspecified atom stereocenters. The molecule has 4 heteroatoms. The van der Waals surface area contributed by atoms with Crippen LogP contribution in [0.2, 0.25) is 0 Å². The molecule has 0 aliphatic heterocycles. The number of amides is 1. The molecule has 0 saturated carbocycles. The van der Waals surface area contributed by atoms with Crippen molar-refractivity contribution in [2.75, 3.05) is 0 Å². The highest BCUT2D eigenvalue weighted by atomic mass is 31.1. The van der Waals surface area contributed by atoms with E-state index in [9.17, 15) is 4.79 Å². The van der Waals surface area contributed by atoms with Gasteiger partial charge in [-0.05, 0) is 42.0 Å². The summed E-state index contributed by atoms with van der Waals surface area (Å²) in [5.41, 5.74) is 8.52. The third kappa shape index (κ3) is 5.48. The average Bonchev–Trinajstić information content (AvgIpc) is 2.86. The predicted molar refractivity (Wildman–Crippen MR) is 131 cm³/mol. The van der Waals surface area contributed by atoms with Crippen LogP contribution in [0.1, 0.15) is 15.9 Å². The van der Waals surface area contributed by atoms with Crippen molar-refractivity contribution in [2.24, 2.45) is 0 Å². The van der Waals surface area contributed by atoms with Crippen LogP contribution in [0.15, 0.2) is 127 Å². The van der Waals surface area contributed by atoms with E-state index in [-0.39, 0.29) is 5.91 Å².